The summed E-state index contributed by atoms with van der Waals surface area (Å²) in [7, 11) is 0. The number of hydrogen-bond acceptors (Lipinski definition) is 5. The summed E-state index contributed by atoms with van der Waals surface area (Å²) in [5.41, 5.74) is 0. The molecule has 0 aliphatic heterocycles. The van der Waals surface area contributed by atoms with E-state index in [0.29, 0.717) is 25.9 Å². The second-order valence-corrected chi connectivity index (χ2v) is 29.2. The third-order valence-electron chi connectivity index (χ3n) is 20.0. The molecule has 6 nitrogen and oxygen atoms in total. The molecule has 0 aromatic carbocycles. The van der Waals surface area contributed by atoms with E-state index in [4.69, 9.17) is 4.74 Å². The van der Waals surface area contributed by atoms with Gasteiger partial charge >= 0.3 is 5.97 Å². The first-order valence-corrected chi connectivity index (χ1v) is 42.1. The number of aliphatic hydroxyl groups excluding tert-OH is 2. The van der Waals surface area contributed by atoms with Crippen LogP contribution >= 0.6 is 0 Å². The molecule has 0 radical (unpaired) electrons. The number of amides is 1. The van der Waals surface area contributed by atoms with Crippen LogP contribution < -0.4 is 5.32 Å². The van der Waals surface area contributed by atoms with Crippen molar-refractivity contribution in [2.24, 2.45) is 0 Å². The minimum Gasteiger partial charge on any atom is -0.466 e. The zero-order valence-corrected chi connectivity index (χ0v) is 62.1. The smallest absolute Gasteiger partial charge is 0.305 e. The Kier molecular flexibility index (Phi) is 79.3. The SMILES string of the molecule is CCCCCC/C=C\C/C=C\CCCCCCCC(=O)OCCCCCCCCCCCCCCCCCCCCCCCCCCCCCCCCCCCC(=O)NC(CO)C(O)CCCCCCCCCCCCCCCCCCCCCCCCCCC. The molecule has 0 rings (SSSR count). The van der Waals surface area contributed by atoms with Gasteiger partial charge in [-0.25, -0.2) is 0 Å². The summed E-state index contributed by atoms with van der Waals surface area (Å²) in [6, 6.07) is -0.539. The molecule has 0 saturated heterocycles. The van der Waals surface area contributed by atoms with E-state index in [2.05, 4.69) is 43.5 Å². The number of unbranched alkanes of at least 4 members (excludes halogenated alkanes) is 65. The molecule has 0 fully saturated rings. The van der Waals surface area contributed by atoms with E-state index in [1.165, 1.54) is 398 Å². The maximum atomic E-state index is 12.6. The summed E-state index contributed by atoms with van der Waals surface area (Å²) in [6.07, 6.45) is 104. The van der Waals surface area contributed by atoms with E-state index in [1.807, 2.05) is 0 Å². The summed E-state index contributed by atoms with van der Waals surface area (Å²) >= 11 is 0. The normalized spacial score (nSPS) is 12.5. The van der Waals surface area contributed by atoms with Crippen molar-refractivity contribution < 1.29 is 24.5 Å². The van der Waals surface area contributed by atoms with Crippen LogP contribution in [0.1, 0.15) is 483 Å². The monoisotopic (exact) mass is 1280 g/mol. The summed E-state index contributed by atoms with van der Waals surface area (Å²) < 4.78 is 5.50. The van der Waals surface area contributed by atoms with Crippen molar-refractivity contribution in [1.29, 1.82) is 0 Å². The minimum absolute atomic E-state index is 0.00935. The van der Waals surface area contributed by atoms with Gasteiger partial charge in [0.05, 0.1) is 25.4 Å². The number of carbonyl (C=O) groups excluding carboxylic acids is 2. The quantitative estimate of drug-likeness (QED) is 0.0320. The predicted molar refractivity (Wildman–Crippen MR) is 403 cm³/mol. The maximum Gasteiger partial charge on any atom is 0.305 e. The van der Waals surface area contributed by atoms with Crippen molar-refractivity contribution in [2.45, 2.75) is 495 Å². The third-order valence-corrected chi connectivity index (χ3v) is 20.0. The van der Waals surface area contributed by atoms with Crippen LogP contribution in [-0.4, -0.2) is 47.4 Å². The fourth-order valence-corrected chi connectivity index (χ4v) is 13.6. The second-order valence-electron chi connectivity index (χ2n) is 29.2. The lowest BCUT2D eigenvalue weighted by Gasteiger charge is -2.22. The zero-order valence-electron chi connectivity index (χ0n) is 62.1. The molecule has 0 aromatic heterocycles. The van der Waals surface area contributed by atoms with Gasteiger partial charge in [0, 0.05) is 12.8 Å². The van der Waals surface area contributed by atoms with Gasteiger partial charge in [-0.2, -0.15) is 0 Å². The van der Waals surface area contributed by atoms with Crippen LogP contribution in [0.4, 0.5) is 0 Å². The number of aliphatic hydroxyl groups is 2. The Morgan fingerprint density at radius 3 is 0.846 bits per heavy atom. The van der Waals surface area contributed by atoms with Crippen LogP contribution in [0.25, 0.3) is 0 Å². The highest BCUT2D eigenvalue weighted by molar-refractivity contribution is 5.76. The Hall–Kier alpha value is -1.66. The lowest BCUT2D eigenvalue weighted by molar-refractivity contribution is -0.143. The number of carbonyl (C=O) groups is 2. The van der Waals surface area contributed by atoms with Crippen LogP contribution in [0.2, 0.25) is 0 Å². The molecule has 6 heteroatoms. The van der Waals surface area contributed by atoms with Gasteiger partial charge < -0.3 is 20.3 Å². The highest BCUT2D eigenvalue weighted by atomic mass is 16.5. The first kappa shape index (κ1) is 89.3. The molecular weight excluding hydrogens is 1110 g/mol. The number of allylic oxidation sites excluding steroid dienone is 4. The van der Waals surface area contributed by atoms with Crippen molar-refractivity contribution in [1.82, 2.24) is 5.32 Å². The molecule has 0 bridgehead atoms. The molecule has 0 heterocycles. The van der Waals surface area contributed by atoms with E-state index < -0.39 is 12.1 Å². The van der Waals surface area contributed by atoms with Crippen molar-refractivity contribution in [3.63, 3.8) is 0 Å². The first-order chi connectivity index (χ1) is 45.0. The topological polar surface area (TPSA) is 95.9 Å². The molecule has 1 amide bonds. The van der Waals surface area contributed by atoms with Crippen molar-refractivity contribution in [3.8, 4) is 0 Å². The number of nitrogens with one attached hydrogen (secondary N) is 1. The number of hydrogen-bond donors (Lipinski definition) is 3. The van der Waals surface area contributed by atoms with Crippen LogP contribution in [-0.2, 0) is 14.3 Å². The van der Waals surface area contributed by atoms with Crippen molar-refractivity contribution >= 4 is 11.9 Å². The molecule has 2 unspecified atom stereocenters. The Balaban J connectivity index is 3.33. The number of esters is 1. The average molecular weight is 1280 g/mol. The first-order valence-electron chi connectivity index (χ1n) is 42.1. The molecular formula is C85H165NO5. The Labute approximate surface area is 571 Å². The molecule has 91 heavy (non-hydrogen) atoms. The van der Waals surface area contributed by atoms with E-state index in [-0.39, 0.29) is 18.5 Å². The van der Waals surface area contributed by atoms with Gasteiger partial charge in [0.25, 0.3) is 0 Å². The molecule has 0 spiro atoms. The van der Waals surface area contributed by atoms with Crippen LogP contribution in [0.5, 0.6) is 0 Å². The zero-order chi connectivity index (χ0) is 65.6. The van der Waals surface area contributed by atoms with Gasteiger partial charge in [0.2, 0.25) is 5.91 Å². The fourth-order valence-electron chi connectivity index (χ4n) is 13.6. The lowest BCUT2D eigenvalue weighted by Crippen LogP contribution is -2.45. The molecule has 0 aromatic rings. The molecule has 3 N–H and O–H groups in total. The standard InChI is InChI=1S/C85H165NO5/c1-3-5-7-9-11-13-15-17-19-21-22-23-24-34-37-40-43-46-49-53-57-61-65-69-73-77-83(88)82(81-87)86-84(89)78-74-70-66-62-58-54-50-47-44-41-38-35-32-30-28-26-25-27-29-31-33-36-39-42-45-48-52-56-60-64-68-72-76-80-91-85(90)79-75-71-67-63-59-55-51-20-18-16-14-12-10-8-6-4-2/h14,16,20,51,82-83,87-88H,3-13,15,17-19,21-50,52-81H2,1-2H3,(H,86,89)/b16-14-,51-20-. The van der Waals surface area contributed by atoms with Crippen molar-refractivity contribution in [2.75, 3.05) is 13.2 Å². The Morgan fingerprint density at radius 1 is 0.308 bits per heavy atom. The predicted octanol–water partition coefficient (Wildman–Crippen LogP) is 28.0. The number of rotatable bonds is 80. The largest absolute Gasteiger partial charge is 0.466 e. The minimum atomic E-state index is -0.662. The van der Waals surface area contributed by atoms with Crippen LogP contribution in [0.15, 0.2) is 24.3 Å². The highest BCUT2D eigenvalue weighted by Crippen LogP contribution is 2.21. The van der Waals surface area contributed by atoms with Crippen molar-refractivity contribution in [3.05, 3.63) is 24.3 Å². The van der Waals surface area contributed by atoms with Gasteiger partial charge in [-0.3, -0.25) is 9.59 Å². The molecule has 0 aliphatic carbocycles. The Morgan fingerprint density at radius 2 is 0.549 bits per heavy atom. The summed E-state index contributed by atoms with van der Waals surface area (Å²) in [5, 5.41) is 23.5. The average Bonchev–Trinajstić information content (AvgIpc) is 3.58. The summed E-state index contributed by atoms with van der Waals surface area (Å²) in [4.78, 5) is 24.7. The second kappa shape index (κ2) is 80.8. The van der Waals surface area contributed by atoms with E-state index in [0.717, 1.165) is 51.4 Å². The summed E-state index contributed by atoms with van der Waals surface area (Å²) in [6.45, 7) is 4.99. The van der Waals surface area contributed by atoms with Gasteiger partial charge in [0.15, 0.2) is 0 Å². The number of ether oxygens (including phenoxy) is 1. The third kappa shape index (κ3) is 77.2. The summed E-state index contributed by atoms with van der Waals surface area (Å²) in [5.74, 6) is -0.0145. The van der Waals surface area contributed by atoms with Gasteiger partial charge in [-0.05, 0) is 57.8 Å². The Bertz CT molecular complexity index is 1430. The maximum absolute atomic E-state index is 12.6. The van der Waals surface area contributed by atoms with E-state index >= 15 is 0 Å². The van der Waals surface area contributed by atoms with Gasteiger partial charge in [-0.1, -0.05) is 436 Å². The van der Waals surface area contributed by atoms with Gasteiger partial charge in [-0.15, -0.1) is 0 Å². The highest BCUT2D eigenvalue weighted by Gasteiger charge is 2.20. The lowest BCUT2D eigenvalue weighted by atomic mass is 10.0. The van der Waals surface area contributed by atoms with E-state index in [1.54, 1.807) is 0 Å². The molecule has 2 atom stereocenters. The molecule has 0 saturated carbocycles. The van der Waals surface area contributed by atoms with Crippen LogP contribution in [0, 0.1) is 0 Å². The fraction of sp³-hybridized carbons (Fsp3) is 0.929. The molecule has 540 valence electrons. The van der Waals surface area contributed by atoms with Gasteiger partial charge in [0.1, 0.15) is 0 Å². The molecule has 0 aliphatic rings. The van der Waals surface area contributed by atoms with E-state index in [9.17, 15) is 19.8 Å². The van der Waals surface area contributed by atoms with Crippen LogP contribution in [0.3, 0.4) is 0 Å².